The van der Waals surface area contributed by atoms with Crippen LogP contribution in [0.4, 0.5) is 0 Å². The second-order valence-electron chi connectivity index (χ2n) is 16.1. The Labute approximate surface area is 335 Å². The smallest absolute Gasteiger partial charge is 0.143 e. The van der Waals surface area contributed by atoms with E-state index in [0.29, 0.717) is 0 Å². The van der Waals surface area contributed by atoms with Gasteiger partial charge in [0.2, 0.25) is 0 Å². The van der Waals surface area contributed by atoms with E-state index in [1.807, 2.05) is 18.3 Å². The Morgan fingerprint density at radius 3 is 1.66 bits per heavy atom. The Balaban J connectivity index is 0.866. The lowest BCUT2D eigenvalue weighted by atomic mass is 9.80. The highest BCUT2D eigenvalue weighted by Gasteiger charge is 2.36. The summed E-state index contributed by atoms with van der Waals surface area (Å²) in [6, 6.07) is 63.3. The van der Waals surface area contributed by atoms with E-state index < -0.39 is 0 Å². The normalized spacial score (nSPS) is 13.1. The van der Waals surface area contributed by atoms with Gasteiger partial charge >= 0.3 is 0 Å². The predicted octanol–water partition coefficient (Wildman–Crippen LogP) is 14.8. The molecule has 58 heavy (non-hydrogen) atoms. The second-order valence-corrected chi connectivity index (χ2v) is 16.1. The second kappa shape index (κ2) is 12.3. The molecule has 11 aromatic rings. The third kappa shape index (κ3) is 4.86. The van der Waals surface area contributed by atoms with Crippen LogP contribution >= 0.6 is 0 Å². The van der Waals surface area contributed by atoms with Crippen molar-refractivity contribution < 1.29 is 4.42 Å². The molecule has 0 atom stereocenters. The number of para-hydroxylation sites is 2. The van der Waals surface area contributed by atoms with Crippen LogP contribution in [0.15, 0.2) is 187 Å². The third-order valence-corrected chi connectivity index (χ3v) is 12.5. The molecule has 2 aromatic heterocycles. The van der Waals surface area contributed by atoms with Crippen molar-refractivity contribution in [3.8, 4) is 55.8 Å². The number of aromatic nitrogens is 2. The molecule has 3 heteroatoms. The lowest BCUT2D eigenvalue weighted by Gasteiger charge is -2.22. The van der Waals surface area contributed by atoms with Gasteiger partial charge in [0.05, 0.1) is 22.9 Å². The molecule has 0 spiro atoms. The van der Waals surface area contributed by atoms with E-state index in [2.05, 4.69) is 178 Å². The molecule has 0 N–H and O–H groups in total. The van der Waals surface area contributed by atoms with Gasteiger partial charge in [0.15, 0.2) is 0 Å². The minimum Gasteiger partial charge on any atom is -0.455 e. The van der Waals surface area contributed by atoms with Gasteiger partial charge in [0, 0.05) is 38.1 Å². The molecule has 272 valence electrons. The Kier molecular flexibility index (Phi) is 6.98. The lowest BCUT2D eigenvalue weighted by molar-refractivity contribution is 0.661. The van der Waals surface area contributed by atoms with Gasteiger partial charge in [-0.05, 0) is 85.1 Å². The Hall–Kier alpha value is -7.36. The van der Waals surface area contributed by atoms with E-state index in [-0.39, 0.29) is 5.41 Å². The van der Waals surface area contributed by atoms with E-state index in [9.17, 15) is 0 Å². The van der Waals surface area contributed by atoms with Crippen LogP contribution in [0, 0.1) is 0 Å². The van der Waals surface area contributed by atoms with Crippen molar-refractivity contribution in [3.05, 3.63) is 193 Å². The zero-order valence-electron chi connectivity index (χ0n) is 32.1. The fourth-order valence-corrected chi connectivity index (χ4v) is 9.53. The minimum atomic E-state index is -0.165. The van der Waals surface area contributed by atoms with Gasteiger partial charge in [-0.2, -0.15) is 0 Å². The number of hydrogen-bond acceptors (Lipinski definition) is 3. The zero-order valence-corrected chi connectivity index (χ0v) is 32.1. The topological polar surface area (TPSA) is 38.9 Å². The largest absolute Gasteiger partial charge is 0.455 e. The first-order valence-corrected chi connectivity index (χ1v) is 20.0. The highest BCUT2D eigenvalue weighted by Crippen LogP contribution is 2.51. The molecular weight excluding hydrogens is 705 g/mol. The van der Waals surface area contributed by atoms with Gasteiger partial charge in [-0.15, -0.1) is 0 Å². The molecular formula is C55H36N2O. The number of fused-ring (bicyclic) bond motifs is 12. The summed E-state index contributed by atoms with van der Waals surface area (Å²) >= 11 is 0. The third-order valence-electron chi connectivity index (χ3n) is 12.5. The Morgan fingerprint density at radius 1 is 0.397 bits per heavy atom. The molecule has 0 unspecified atom stereocenters. The first kappa shape index (κ1) is 32.8. The van der Waals surface area contributed by atoms with Crippen LogP contribution in [0.1, 0.15) is 25.0 Å². The fraction of sp³-hybridized carbons (Fsp3) is 0.0545. The van der Waals surface area contributed by atoms with Crippen molar-refractivity contribution in [2.75, 3.05) is 0 Å². The van der Waals surface area contributed by atoms with Gasteiger partial charge in [-0.1, -0.05) is 166 Å². The Morgan fingerprint density at radius 2 is 0.931 bits per heavy atom. The van der Waals surface area contributed by atoms with Crippen molar-refractivity contribution in [2.24, 2.45) is 0 Å². The van der Waals surface area contributed by atoms with Gasteiger partial charge in [0.1, 0.15) is 11.2 Å². The molecule has 3 nitrogen and oxygen atoms in total. The highest BCUT2D eigenvalue weighted by atomic mass is 16.3. The monoisotopic (exact) mass is 740 g/mol. The molecule has 0 radical (unpaired) electrons. The summed E-state index contributed by atoms with van der Waals surface area (Å²) in [5, 5.41) is 6.96. The van der Waals surface area contributed by atoms with Gasteiger partial charge in [-0.25, -0.2) is 4.98 Å². The summed E-state index contributed by atoms with van der Waals surface area (Å²) < 4.78 is 6.41. The van der Waals surface area contributed by atoms with Crippen LogP contribution in [0.25, 0.3) is 110 Å². The molecule has 0 saturated heterocycles. The molecule has 12 rings (SSSR count). The van der Waals surface area contributed by atoms with Crippen molar-refractivity contribution in [2.45, 2.75) is 19.3 Å². The number of rotatable bonds is 4. The highest BCUT2D eigenvalue weighted by molar-refractivity contribution is 6.23. The number of furan rings is 1. The molecule has 1 aliphatic rings. The van der Waals surface area contributed by atoms with Crippen molar-refractivity contribution >= 4 is 54.5 Å². The summed E-state index contributed by atoms with van der Waals surface area (Å²) in [7, 11) is 0. The SMILES string of the molecule is CC1(C)c2cc(-c3ccc(-c4cnc5c6ccccc6c6ccccc6c5n4)cc3)ccc2-c2ccc(-c3cccc(-c4cccc5c4oc4ccccc45)c3)cc21. The zero-order chi connectivity index (χ0) is 38.5. The number of hydrogen-bond donors (Lipinski definition) is 0. The summed E-state index contributed by atoms with van der Waals surface area (Å²) in [6.45, 7) is 4.72. The van der Waals surface area contributed by atoms with Gasteiger partial charge in [-0.3, -0.25) is 4.98 Å². The number of benzene rings is 9. The summed E-state index contributed by atoms with van der Waals surface area (Å²) in [6.07, 6.45) is 1.92. The molecule has 0 aliphatic heterocycles. The maximum atomic E-state index is 6.41. The van der Waals surface area contributed by atoms with Crippen LogP contribution in [0.3, 0.4) is 0 Å². The first-order valence-electron chi connectivity index (χ1n) is 20.0. The van der Waals surface area contributed by atoms with Gasteiger partial charge < -0.3 is 4.42 Å². The quantitative estimate of drug-likeness (QED) is 0.169. The summed E-state index contributed by atoms with van der Waals surface area (Å²) in [5.41, 5.74) is 17.9. The van der Waals surface area contributed by atoms with E-state index >= 15 is 0 Å². The molecule has 0 fully saturated rings. The van der Waals surface area contributed by atoms with Crippen LogP contribution in [-0.4, -0.2) is 9.97 Å². The molecule has 9 aromatic carbocycles. The Bertz CT molecular complexity index is 3450. The van der Waals surface area contributed by atoms with Crippen molar-refractivity contribution in [3.63, 3.8) is 0 Å². The van der Waals surface area contributed by atoms with E-state index in [1.54, 1.807) is 0 Å². The molecule has 0 saturated carbocycles. The molecule has 1 aliphatic carbocycles. The fourth-order valence-electron chi connectivity index (χ4n) is 9.53. The van der Waals surface area contributed by atoms with Crippen LogP contribution < -0.4 is 0 Å². The molecule has 0 bridgehead atoms. The molecule has 0 amide bonds. The van der Waals surface area contributed by atoms with Crippen LogP contribution in [0.5, 0.6) is 0 Å². The van der Waals surface area contributed by atoms with Gasteiger partial charge in [0.25, 0.3) is 0 Å². The summed E-state index contributed by atoms with van der Waals surface area (Å²) in [4.78, 5) is 10.2. The van der Waals surface area contributed by atoms with E-state index in [4.69, 9.17) is 14.4 Å². The predicted molar refractivity (Wildman–Crippen MR) is 241 cm³/mol. The van der Waals surface area contributed by atoms with Crippen molar-refractivity contribution in [1.82, 2.24) is 9.97 Å². The standard InChI is InChI=1S/C55H36N2O/c1-55(2)48-30-36(33-21-23-34(24-22-33)50-32-56-52-45-16-5-3-13-40(45)41-14-4-6-17-46(41)53(52)57-50)25-27-42(48)43-28-26-37(31-49(43)55)35-11-9-12-38(29-35)39-18-10-19-47-44-15-7-8-20-51(44)58-54(39)47/h3-32H,1-2H3. The lowest BCUT2D eigenvalue weighted by Crippen LogP contribution is -2.15. The van der Waals surface area contributed by atoms with Crippen LogP contribution in [0.2, 0.25) is 0 Å². The average molecular weight is 741 g/mol. The van der Waals surface area contributed by atoms with E-state index in [1.165, 1.54) is 55.3 Å². The van der Waals surface area contributed by atoms with Crippen molar-refractivity contribution in [1.29, 1.82) is 0 Å². The maximum absolute atomic E-state index is 6.41. The van der Waals surface area contributed by atoms with E-state index in [0.717, 1.165) is 66.1 Å². The molecule has 2 heterocycles. The first-order chi connectivity index (χ1) is 28.5. The summed E-state index contributed by atoms with van der Waals surface area (Å²) in [5.74, 6) is 0. The minimum absolute atomic E-state index is 0.165. The van der Waals surface area contributed by atoms with Crippen LogP contribution in [-0.2, 0) is 5.41 Å². The maximum Gasteiger partial charge on any atom is 0.143 e. The number of nitrogens with zero attached hydrogens (tertiary/aromatic N) is 2. The average Bonchev–Trinajstić information content (AvgIpc) is 3.78.